The molecule has 0 saturated carbocycles. The van der Waals surface area contributed by atoms with Crippen LogP contribution >= 0.6 is 0 Å². The molecule has 0 aliphatic heterocycles. The third kappa shape index (κ3) is 3.01. The van der Waals surface area contributed by atoms with E-state index in [1.54, 1.807) is 12.1 Å². The number of rotatable bonds is 1. The van der Waals surface area contributed by atoms with Gasteiger partial charge in [-0.3, -0.25) is 0 Å². The predicted molar refractivity (Wildman–Crippen MR) is 52.9 cm³/mol. The second-order valence-corrected chi connectivity index (χ2v) is 2.74. The molecule has 0 aromatic heterocycles. The maximum atomic E-state index is 8.56. The van der Waals surface area contributed by atoms with Crippen LogP contribution in [-0.4, -0.2) is 0 Å². The fourth-order valence-corrected chi connectivity index (χ4v) is 0.918. The highest BCUT2D eigenvalue weighted by Gasteiger charge is 1.88. The quantitative estimate of drug-likeness (QED) is 0.593. The van der Waals surface area contributed by atoms with Crippen LogP contribution in [0.25, 0.3) is 0 Å². The molecule has 1 rings (SSSR count). The number of hydrogen-bond acceptors (Lipinski definition) is 1. The Morgan fingerprint density at radius 2 is 1.77 bits per heavy atom. The average molecular weight is 169 g/mol. The number of benzene rings is 1. The molecule has 0 unspecified atom stereocenters. The summed E-state index contributed by atoms with van der Waals surface area (Å²) in [6, 6.07) is 9.40. The van der Waals surface area contributed by atoms with Gasteiger partial charge < -0.3 is 0 Å². The molecule has 1 aromatic carbocycles. The van der Waals surface area contributed by atoms with E-state index in [0.717, 1.165) is 18.4 Å². The lowest BCUT2D eigenvalue weighted by Crippen LogP contribution is -1.76. The van der Waals surface area contributed by atoms with Crippen molar-refractivity contribution >= 4 is 0 Å². The second-order valence-electron chi connectivity index (χ2n) is 2.74. The highest BCUT2D eigenvalue weighted by atomic mass is 14.2. The van der Waals surface area contributed by atoms with Gasteiger partial charge in [-0.2, -0.15) is 5.26 Å². The van der Waals surface area contributed by atoms with E-state index < -0.39 is 0 Å². The minimum Gasteiger partial charge on any atom is -0.192 e. The van der Waals surface area contributed by atoms with Crippen LogP contribution in [-0.2, 0) is 0 Å². The summed E-state index contributed by atoms with van der Waals surface area (Å²) in [5.74, 6) is 6.09. The molecule has 1 nitrogen and oxygen atoms in total. The summed E-state index contributed by atoms with van der Waals surface area (Å²) in [5, 5.41) is 8.56. The van der Waals surface area contributed by atoms with Crippen LogP contribution in [0.5, 0.6) is 0 Å². The summed E-state index contributed by atoms with van der Waals surface area (Å²) in [5.41, 5.74) is 1.66. The van der Waals surface area contributed by atoms with Crippen molar-refractivity contribution in [1.82, 2.24) is 0 Å². The van der Waals surface area contributed by atoms with Crippen LogP contribution in [0.15, 0.2) is 24.3 Å². The fourth-order valence-electron chi connectivity index (χ4n) is 0.918. The van der Waals surface area contributed by atoms with Crippen molar-refractivity contribution in [3.63, 3.8) is 0 Å². The normalized spacial score (nSPS) is 8.31. The zero-order valence-corrected chi connectivity index (χ0v) is 7.67. The van der Waals surface area contributed by atoms with E-state index in [4.69, 9.17) is 5.26 Å². The number of nitriles is 1. The molecule has 1 aromatic rings. The fraction of sp³-hybridized carbons (Fsp3) is 0.250. The molecular formula is C12H11N. The van der Waals surface area contributed by atoms with E-state index in [1.165, 1.54) is 0 Å². The van der Waals surface area contributed by atoms with Crippen molar-refractivity contribution < 1.29 is 0 Å². The van der Waals surface area contributed by atoms with Gasteiger partial charge in [0.1, 0.15) is 0 Å². The van der Waals surface area contributed by atoms with Crippen molar-refractivity contribution in [2.75, 3.05) is 0 Å². The number of unbranched alkanes of at least 4 members (excludes halogenated alkanes) is 1. The lowest BCUT2D eigenvalue weighted by atomic mass is 10.1. The monoisotopic (exact) mass is 169 g/mol. The smallest absolute Gasteiger partial charge is 0.0991 e. The SMILES string of the molecule is CCCC#Cc1ccc(C#N)cc1. The van der Waals surface area contributed by atoms with Crippen molar-refractivity contribution in [3.05, 3.63) is 35.4 Å². The van der Waals surface area contributed by atoms with Gasteiger partial charge in [0.25, 0.3) is 0 Å². The molecule has 64 valence electrons. The van der Waals surface area contributed by atoms with Crippen LogP contribution in [0, 0.1) is 23.2 Å². The number of hydrogen-bond donors (Lipinski definition) is 0. The summed E-state index contributed by atoms with van der Waals surface area (Å²) in [6.45, 7) is 2.10. The van der Waals surface area contributed by atoms with Crippen LogP contribution in [0.2, 0.25) is 0 Å². The summed E-state index contributed by atoms with van der Waals surface area (Å²) in [4.78, 5) is 0. The van der Waals surface area contributed by atoms with Gasteiger partial charge in [-0.25, -0.2) is 0 Å². The van der Waals surface area contributed by atoms with Crippen LogP contribution in [0.1, 0.15) is 30.9 Å². The maximum absolute atomic E-state index is 8.56. The first kappa shape index (κ1) is 9.36. The van der Waals surface area contributed by atoms with E-state index in [0.29, 0.717) is 5.56 Å². The summed E-state index contributed by atoms with van der Waals surface area (Å²) >= 11 is 0. The number of nitrogens with zero attached hydrogens (tertiary/aromatic N) is 1. The van der Waals surface area contributed by atoms with Gasteiger partial charge in [-0.05, 0) is 30.7 Å². The van der Waals surface area contributed by atoms with Crippen molar-refractivity contribution in [3.8, 4) is 17.9 Å². The van der Waals surface area contributed by atoms with Crippen LogP contribution < -0.4 is 0 Å². The maximum Gasteiger partial charge on any atom is 0.0991 e. The first-order valence-corrected chi connectivity index (χ1v) is 4.36. The lowest BCUT2D eigenvalue weighted by molar-refractivity contribution is 0.983. The molecular weight excluding hydrogens is 158 g/mol. The largest absolute Gasteiger partial charge is 0.192 e. The van der Waals surface area contributed by atoms with Crippen molar-refractivity contribution in [2.24, 2.45) is 0 Å². The Balaban J connectivity index is 2.72. The molecule has 0 heterocycles. The molecule has 13 heavy (non-hydrogen) atoms. The summed E-state index contributed by atoms with van der Waals surface area (Å²) < 4.78 is 0. The lowest BCUT2D eigenvalue weighted by Gasteiger charge is -1.89. The Morgan fingerprint density at radius 3 is 2.31 bits per heavy atom. The Labute approximate surface area is 79.0 Å². The molecule has 0 aliphatic rings. The third-order valence-electron chi connectivity index (χ3n) is 1.62. The van der Waals surface area contributed by atoms with Gasteiger partial charge in [0.2, 0.25) is 0 Å². The first-order chi connectivity index (χ1) is 6.36. The molecule has 0 N–H and O–H groups in total. The topological polar surface area (TPSA) is 23.8 Å². The van der Waals surface area contributed by atoms with Gasteiger partial charge >= 0.3 is 0 Å². The summed E-state index contributed by atoms with van der Waals surface area (Å²) in [6.07, 6.45) is 2.02. The van der Waals surface area contributed by atoms with E-state index >= 15 is 0 Å². The Kier molecular flexibility index (Phi) is 3.61. The zero-order chi connectivity index (χ0) is 9.52. The highest BCUT2D eigenvalue weighted by molar-refractivity contribution is 5.39. The molecule has 0 radical (unpaired) electrons. The van der Waals surface area contributed by atoms with Crippen LogP contribution in [0.4, 0.5) is 0 Å². The van der Waals surface area contributed by atoms with Gasteiger partial charge in [0, 0.05) is 12.0 Å². The molecule has 0 aliphatic carbocycles. The average Bonchev–Trinajstić information content (AvgIpc) is 2.19. The van der Waals surface area contributed by atoms with Crippen molar-refractivity contribution in [1.29, 1.82) is 5.26 Å². The Bertz CT molecular complexity index is 357. The van der Waals surface area contributed by atoms with E-state index in [-0.39, 0.29) is 0 Å². The molecule has 0 bridgehead atoms. The molecule has 0 fully saturated rings. The minimum absolute atomic E-state index is 0.682. The van der Waals surface area contributed by atoms with Gasteiger partial charge in [0.05, 0.1) is 11.6 Å². The minimum atomic E-state index is 0.682. The van der Waals surface area contributed by atoms with Gasteiger partial charge in [0.15, 0.2) is 0 Å². The Morgan fingerprint density at radius 1 is 1.15 bits per heavy atom. The van der Waals surface area contributed by atoms with Crippen LogP contribution in [0.3, 0.4) is 0 Å². The molecule has 0 spiro atoms. The highest BCUT2D eigenvalue weighted by Crippen LogP contribution is 2.01. The molecule has 0 atom stereocenters. The van der Waals surface area contributed by atoms with E-state index in [2.05, 4.69) is 24.8 Å². The molecule has 0 saturated heterocycles. The van der Waals surface area contributed by atoms with Gasteiger partial charge in [-0.15, -0.1) is 0 Å². The zero-order valence-electron chi connectivity index (χ0n) is 7.67. The Hall–Kier alpha value is -1.73. The van der Waals surface area contributed by atoms with E-state index in [9.17, 15) is 0 Å². The second kappa shape index (κ2) is 5.01. The third-order valence-corrected chi connectivity index (χ3v) is 1.62. The van der Waals surface area contributed by atoms with Gasteiger partial charge in [-0.1, -0.05) is 18.8 Å². The molecule has 1 heteroatoms. The first-order valence-electron chi connectivity index (χ1n) is 4.36. The summed E-state index contributed by atoms with van der Waals surface area (Å²) in [7, 11) is 0. The van der Waals surface area contributed by atoms with Crippen molar-refractivity contribution in [2.45, 2.75) is 19.8 Å². The predicted octanol–water partition coefficient (Wildman–Crippen LogP) is 2.71. The standard InChI is InChI=1S/C12H11N/c1-2-3-4-5-11-6-8-12(10-13)9-7-11/h6-9H,2-3H2,1H3. The van der Waals surface area contributed by atoms with E-state index in [1.807, 2.05) is 12.1 Å². The molecule has 0 amide bonds.